The van der Waals surface area contributed by atoms with Gasteiger partial charge in [-0.2, -0.15) is 4.98 Å². The van der Waals surface area contributed by atoms with E-state index in [-0.39, 0.29) is 17.3 Å². The van der Waals surface area contributed by atoms with Crippen LogP contribution in [0, 0.1) is 5.92 Å². The molecule has 1 atom stereocenters. The van der Waals surface area contributed by atoms with Gasteiger partial charge in [0.15, 0.2) is 17.3 Å². The van der Waals surface area contributed by atoms with Crippen LogP contribution in [0.5, 0.6) is 17.2 Å². The topological polar surface area (TPSA) is 123 Å². The van der Waals surface area contributed by atoms with Gasteiger partial charge in [0.25, 0.3) is 0 Å². The van der Waals surface area contributed by atoms with Gasteiger partial charge in [0, 0.05) is 48.0 Å². The zero-order valence-electron chi connectivity index (χ0n) is 21.6. The van der Waals surface area contributed by atoms with Crippen molar-refractivity contribution >= 4 is 29.2 Å². The molecule has 10 heteroatoms. The number of carbonyl (C=O) groups excluding carboxylic acids is 1. The number of nitrogens with one attached hydrogen (secondary N) is 1. The van der Waals surface area contributed by atoms with Crippen LogP contribution < -0.4 is 24.4 Å². The quantitative estimate of drug-likeness (QED) is 0.400. The molecular weight excluding hydrogens is 488 g/mol. The van der Waals surface area contributed by atoms with Crippen LogP contribution >= 0.6 is 0 Å². The third-order valence-corrected chi connectivity index (χ3v) is 7.08. The molecule has 1 fully saturated rings. The number of rotatable bonds is 9. The predicted octanol–water partition coefficient (Wildman–Crippen LogP) is 4.14. The maximum absolute atomic E-state index is 13.2. The average Bonchev–Trinajstić information content (AvgIpc) is 3.62. The number of benzene rings is 2. The van der Waals surface area contributed by atoms with Gasteiger partial charge >= 0.3 is 5.97 Å². The molecule has 5 rings (SSSR count). The highest BCUT2D eigenvalue weighted by molar-refractivity contribution is 6.00. The Kier molecular flexibility index (Phi) is 7.04. The normalized spacial score (nSPS) is 16.2. The molecule has 2 N–H and O–H groups in total. The molecule has 1 aromatic heterocycles. The van der Waals surface area contributed by atoms with Crippen LogP contribution in [0.1, 0.15) is 44.8 Å². The molecule has 0 amide bonds. The average molecular weight is 519 g/mol. The second-order valence-electron chi connectivity index (χ2n) is 9.37. The van der Waals surface area contributed by atoms with Crippen molar-refractivity contribution in [2.75, 3.05) is 44.6 Å². The Labute approximate surface area is 220 Å². The minimum atomic E-state index is -1.05. The Bertz CT molecular complexity index is 1370. The van der Waals surface area contributed by atoms with E-state index in [1.54, 1.807) is 33.5 Å². The Balaban J connectivity index is 1.40. The minimum Gasteiger partial charge on any atom is -0.493 e. The fourth-order valence-electron chi connectivity index (χ4n) is 5.15. The Hall–Kier alpha value is -4.34. The Morgan fingerprint density at radius 1 is 1.00 bits per heavy atom. The summed E-state index contributed by atoms with van der Waals surface area (Å²) in [6, 6.07) is 9.87. The van der Waals surface area contributed by atoms with Gasteiger partial charge in [-0.3, -0.25) is 4.79 Å². The molecule has 1 aliphatic heterocycles. The van der Waals surface area contributed by atoms with Crippen molar-refractivity contribution in [2.45, 2.75) is 25.7 Å². The van der Waals surface area contributed by atoms with Gasteiger partial charge in [-0.25, -0.2) is 9.78 Å². The second-order valence-corrected chi connectivity index (χ2v) is 9.37. The summed E-state index contributed by atoms with van der Waals surface area (Å²) in [6.45, 7) is 1.11. The van der Waals surface area contributed by atoms with Crippen LogP contribution in [-0.4, -0.2) is 61.2 Å². The summed E-state index contributed by atoms with van der Waals surface area (Å²) in [5, 5.41) is 12.7. The van der Waals surface area contributed by atoms with Crippen LogP contribution in [0.4, 0.5) is 17.5 Å². The third kappa shape index (κ3) is 4.81. The van der Waals surface area contributed by atoms with Crippen molar-refractivity contribution in [2.24, 2.45) is 5.92 Å². The molecule has 38 heavy (non-hydrogen) atoms. The predicted molar refractivity (Wildman–Crippen MR) is 141 cm³/mol. The molecule has 1 aliphatic carbocycles. The lowest BCUT2D eigenvalue weighted by Crippen LogP contribution is -2.25. The number of aromatic nitrogens is 2. The van der Waals surface area contributed by atoms with Crippen LogP contribution in [-0.2, 0) is 12.8 Å². The van der Waals surface area contributed by atoms with Crippen LogP contribution in [0.2, 0.25) is 0 Å². The summed E-state index contributed by atoms with van der Waals surface area (Å²) in [4.78, 5) is 36.3. The zero-order chi connectivity index (χ0) is 26.8. The highest BCUT2D eigenvalue weighted by Gasteiger charge is 2.32. The first-order valence-electron chi connectivity index (χ1n) is 12.5. The fraction of sp³-hybridized carbons (Fsp3) is 0.357. The van der Waals surface area contributed by atoms with Crippen molar-refractivity contribution in [3.05, 3.63) is 58.8 Å². The monoisotopic (exact) mass is 518 g/mol. The molecule has 0 spiro atoms. The van der Waals surface area contributed by atoms with Gasteiger partial charge < -0.3 is 29.5 Å². The fourth-order valence-corrected chi connectivity index (χ4v) is 5.15. The van der Waals surface area contributed by atoms with Crippen LogP contribution in [0.3, 0.4) is 0 Å². The Morgan fingerprint density at radius 2 is 1.74 bits per heavy atom. The summed E-state index contributed by atoms with van der Waals surface area (Å²) < 4.78 is 16.4. The number of ether oxygens (including phenoxy) is 3. The number of Topliss-reactive ketones (excluding diaryl/α,β-unsaturated/α-hetero) is 1. The number of ketones is 1. The van der Waals surface area contributed by atoms with Gasteiger partial charge in [0.2, 0.25) is 11.7 Å². The molecule has 2 aliphatic rings. The number of anilines is 3. The number of aromatic carboxylic acids is 1. The van der Waals surface area contributed by atoms with Gasteiger partial charge in [-0.05, 0) is 37.8 Å². The second kappa shape index (κ2) is 10.6. The molecule has 2 aromatic carbocycles. The van der Waals surface area contributed by atoms with E-state index in [0.29, 0.717) is 48.3 Å². The largest absolute Gasteiger partial charge is 0.493 e. The first kappa shape index (κ1) is 25.3. The highest BCUT2D eigenvalue weighted by Crippen LogP contribution is 2.41. The number of hydrogen-bond acceptors (Lipinski definition) is 9. The van der Waals surface area contributed by atoms with Crippen molar-refractivity contribution in [1.82, 2.24) is 9.97 Å². The lowest BCUT2D eigenvalue weighted by atomic mass is 9.96. The van der Waals surface area contributed by atoms with Crippen molar-refractivity contribution < 1.29 is 28.9 Å². The maximum Gasteiger partial charge on any atom is 0.335 e. The highest BCUT2D eigenvalue weighted by atomic mass is 16.5. The third-order valence-electron chi connectivity index (χ3n) is 7.08. The first-order valence-corrected chi connectivity index (χ1v) is 12.5. The summed E-state index contributed by atoms with van der Waals surface area (Å²) >= 11 is 0. The molecule has 0 saturated carbocycles. The van der Waals surface area contributed by atoms with E-state index in [4.69, 9.17) is 24.2 Å². The SMILES string of the molecule is COc1cc(Nc2nc(N3CCC(C(=O)c4cccc(C(=O)O)c4)C3)nc3c2CCC3)cc(OC)c1OC. The van der Waals surface area contributed by atoms with Gasteiger partial charge in [-0.15, -0.1) is 0 Å². The van der Waals surface area contributed by atoms with E-state index in [1.807, 2.05) is 17.0 Å². The molecule has 10 nitrogen and oxygen atoms in total. The molecule has 198 valence electrons. The summed E-state index contributed by atoms with van der Waals surface area (Å²) in [6.07, 6.45) is 3.39. The molecule has 2 heterocycles. The smallest absolute Gasteiger partial charge is 0.335 e. The zero-order valence-corrected chi connectivity index (χ0v) is 21.6. The molecule has 1 saturated heterocycles. The molecule has 3 aromatic rings. The Morgan fingerprint density at radius 3 is 2.42 bits per heavy atom. The lowest BCUT2D eigenvalue weighted by molar-refractivity contribution is 0.0697. The molecular formula is C28H30N4O6. The summed E-state index contributed by atoms with van der Waals surface area (Å²) in [7, 11) is 4.71. The van der Waals surface area contributed by atoms with Crippen molar-refractivity contribution in [3.63, 3.8) is 0 Å². The summed E-state index contributed by atoms with van der Waals surface area (Å²) in [5.74, 6) is 1.51. The number of carboxylic acid groups (broad SMARTS) is 1. The number of nitrogens with zero attached hydrogens (tertiary/aromatic N) is 3. The lowest BCUT2D eigenvalue weighted by Gasteiger charge is -2.20. The number of carbonyl (C=O) groups is 2. The molecule has 0 bridgehead atoms. The van der Waals surface area contributed by atoms with E-state index in [9.17, 15) is 14.7 Å². The van der Waals surface area contributed by atoms with Crippen molar-refractivity contribution in [3.8, 4) is 17.2 Å². The number of carboxylic acids is 1. The number of aryl methyl sites for hydroxylation is 1. The molecule has 1 unspecified atom stereocenters. The van der Waals surface area contributed by atoms with E-state index < -0.39 is 5.97 Å². The number of fused-ring (bicyclic) bond motifs is 1. The standard InChI is InChI=1S/C28H30N4O6/c1-36-22-13-19(14-23(37-2)25(22)38-3)29-26-20-8-5-9-21(20)30-28(31-26)32-11-10-18(15-32)24(33)16-6-4-7-17(12-16)27(34)35/h4,6-7,12-14,18H,5,8-11,15H2,1-3H3,(H,34,35)(H,29,30,31). The number of hydrogen-bond donors (Lipinski definition) is 2. The van der Waals surface area contributed by atoms with E-state index >= 15 is 0 Å². The van der Waals surface area contributed by atoms with Gasteiger partial charge in [-0.1, -0.05) is 12.1 Å². The molecule has 0 radical (unpaired) electrons. The van der Waals surface area contributed by atoms with E-state index in [1.165, 1.54) is 12.1 Å². The summed E-state index contributed by atoms with van der Waals surface area (Å²) in [5.41, 5.74) is 3.35. The van der Waals surface area contributed by atoms with E-state index in [0.717, 1.165) is 42.0 Å². The van der Waals surface area contributed by atoms with Crippen molar-refractivity contribution in [1.29, 1.82) is 0 Å². The van der Waals surface area contributed by atoms with Gasteiger partial charge in [0.1, 0.15) is 5.82 Å². The van der Waals surface area contributed by atoms with E-state index in [2.05, 4.69) is 5.32 Å². The van der Waals surface area contributed by atoms with Crippen LogP contribution in [0.15, 0.2) is 36.4 Å². The minimum absolute atomic E-state index is 0.0625. The number of methoxy groups -OCH3 is 3. The van der Waals surface area contributed by atoms with Gasteiger partial charge in [0.05, 0.1) is 32.6 Å². The van der Waals surface area contributed by atoms with Crippen LogP contribution in [0.25, 0.3) is 0 Å². The first-order chi connectivity index (χ1) is 18.4. The maximum atomic E-state index is 13.2.